The first-order chi connectivity index (χ1) is 20.2. The Balaban J connectivity index is 2.09. The van der Waals surface area contributed by atoms with Gasteiger partial charge in [0, 0.05) is 45.6 Å². The molecule has 0 atom stereocenters. The molecule has 0 spiro atoms. The summed E-state index contributed by atoms with van der Waals surface area (Å²) in [5.74, 6) is -3.52. The number of benzene rings is 3. The van der Waals surface area contributed by atoms with Gasteiger partial charge in [-0.1, -0.05) is 38.4 Å². The average Bonchev–Trinajstić information content (AvgIpc) is 2.93. The van der Waals surface area contributed by atoms with Gasteiger partial charge in [-0.3, -0.25) is 0 Å². The van der Waals surface area contributed by atoms with Gasteiger partial charge in [0.15, 0.2) is 0 Å². The molecule has 0 aromatic heterocycles. The quantitative estimate of drug-likeness (QED) is 0.141. The van der Waals surface area contributed by atoms with Crippen LogP contribution in [0.3, 0.4) is 0 Å². The minimum atomic E-state index is -0.764. The van der Waals surface area contributed by atoms with E-state index in [9.17, 15) is 19.2 Å². The lowest BCUT2D eigenvalue weighted by atomic mass is 9.98. The van der Waals surface area contributed by atoms with Gasteiger partial charge < -0.3 is 18.9 Å². The monoisotopic (exact) mass is 584 g/mol. The lowest BCUT2D eigenvalue weighted by molar-refractivity contribution is -0.131. The Labute approximate surface area is 248 Å². The standard InChI is InChI=1S/C34H29FO8/c1-18(2)31(36)40-24-10-12-28(30(17-24)43-34(39)21(7)8)27-11-9-22(15-29(27)35)23-13-25(41-32(37)19(3)4)16-26(14-23)42-33(38)20(5)6/h9-17H,1,3,5,7H2,2,4,6,8H3. The summed E-state index contributed by atoms with van der Waals surface area (Å²) < 4.78 is 37.0. The highest BCUT2D eigenvalue weighted by Crippen LogP contribution is 2.38. The van der Waals surface area contributed by atoms with Crippen LogP contribution in [0.2, 0.25) is 0 Å². The van der Waals surface area contributed by atoms with Crippen molar-refractivity contribution in [1.29, 1.82) is 0 Å². The van der Waals surface area contributed by atoms with E-state index in [2.05, 4.69) is 26.3 Å². The zero-order valence-corrected chi connectivity index (χ0v) is 24.2. The molecule has 3 rings (SSSR count). The third kappa shape index (κ3) is 8.23. The van der Waals surface area contributed by atoms with Crippen molar-refractivity contribution < 1.29 is 42.5 Å². The number of hydrogen-bond acceptors (Lipinski definition) is 8. The van der Waals surface area contributed by atoms with Gasteiger partial charge >= 0.3 is 23.9 Å². The van der Waals surface area contributed by atoms with Crippen molar-refractivity contribution in [2.24, 2.45) is 0 Å². The van der Waals surface area contributed by atoms with E-state index in [1.165, 1.54) is 76.2 Å². The molecule has 43 heavy (non-hydrogen) atoms. The van der Waals surface area contributed by atoms with E-state index in [1.54, 1.807) is 6.07 Å². The van der Waals surface area contributed by atoms with E-state index in [0.29, 0.717) is 11.1 Å². The Morgan fingerprint density at radius 2 is 0.953 bits per heavy atom. The largest absolute Gasteiger partial charge is 0.423 e. The van der Waals surface area contributed by atoms with E-state index >= 15 is 4.39 Å². The maximum absolute atomic E-state index is 15.7. The summed E-state index contributed by atoms with van der Waals surface area (Å²) in [6.45, 7) is 20.1. The minimum Gasteiger partial charge on any atom is -0.423 e. The number of carbonyl (C=O) groups excluding carboxylic acids is 4. The summed E-state index contributed by atoms with van der Waals surface area (Å²) in [6.07, 6.45) is 0. The topological polar surface area (TPSA) is 105 Å². The van der Waals surface area contributed by atoms with Gasteiger partial charge in [0.25, 0.3) is 0 Å². The van der Waals surface area contributed by atoms with Crippen LogP contribution < -0.4 is 18.9 Å². The Hall–Kier alpha value is -5.57. The van der Waals surface area contributed by atoms with Gasteiger partial charge in [0.2, 0.25) is 0 Å². The summed E-state index contributed by atoms with van der Waals surface area (Å²) in [6, 6.07) is 12.6. The molecule has 3 aromatic rings. The van der Waals surface area contributed by atoms with E-state index in [-0.39, 0.29) is 56.4 Å². The van der Waals surface area contributed by atoms with Gasteiger partial charge in [0.05, 0.1) is 0 Å². The van der Waals surface area contributed by atoms with Crippen LogP contribution >= 0.6 is 0 Å². The maximum Gasteiger partial charge on any atom is 0.338 e. The fraction of sp³-hybridized carbons (Fsp3) is 0.118. The van der Waals surface area contributed by atoms with Crippen LogP contribution in [0.4, 0.5) is 4.39 Å². The smallest absolute Gasteiger partial charge is 0.338 e. The Kier molecular flexibility index (Phi) is 9.95. The first kappa shape index (κ1) is 32.0. The van der Waals surface area contributed by atoms with E-state index < -0.39 is 29.7 Å². The Bertz CT molecular complexity index is 1670. The second kappa shape index (κ2) is 13.4. The van der Waals surface area contributed by atoms with Crippen LogP contribution in [0.25, 0.3) is 22.3 Å². The maximum atomic E-state index is 15.7. The van der Waals surface area contributed by atoms with Crippen LogP contribution in [0.5, 0.6) is 23.0 Å². The molecule has 8 nitrogen and oxygen atoms in total. The molecule has 9 heteroatoms. The second-order valence-electron chi connectivity index (χ2n) is 9.73. The van der Waals surface area contributed by atoms with Gasteiger partial charge in [-0.2, -0.15) is 0 Å². The van der Waals surface area contributed by atoms with E-state index in [0.717, 1.165) is 0 Å². The highest BCUT2D eigenvalue weighted by Gasteiger charge is 2.19. The number of rotatable bonds is 10. The molecular formula is C34H29FO8. The van der Waals surface area contributed by atoms with E-state index in [1.807, 2.05) is 0 Å². The van der Waals surface area contributed by atoms with Crippen molar-refractivity contribution in [2.75, 3.05) is 0 Å². The van der Waals surface area contributed by atoms with Crippen molar-refractivity contribution in [3.63, 3.8) is 0 Å². The minimum absolute atomic E-state index is 0.0355. The van der Waals surface area contributed by atoms with Crippen LogP contribution in [0, 0.1) is 5.82 Å². The Morgan fingerprint density at radius 1 is 0.512 bits per heavy atom. The average molecular weight is 585 g/mol. The predicted molar refractivity (Wildman–Crippen MR) is 159 cm³/mol. The SMILES string of the molecule is C=C(C)C(=O)Oc1cc(OC(=O)C(=C)C)cc(-c2ccc(-c3ccc(OC(=O)C(=C)C)cc3OC(=O)C(=C)C)c(F)c2)c1. The van der Waals surface area contributed by atoms with Crippen molar-refractivity contribution in [1.82, 2.24) is 0 Å². The second-order valence-corrected chi connectivity index (χ2v) is 9.73. The van der Waals surface area contributed by atoms with Gasteiger partial charge in [-0.05, 0) is 69.2 Å². The lowest BCUT2D eigenvalue weighted by Crippen LogP contribution is -2.11. The van der Waals surface area contributed by atoms with Gasteiger partial charge in [0.1, 0.15) is 28.8 Å². The number of carbonyl (C=O) groups is 4. The molecule has 0 radical (unpaired) electrons. The zero-order chi connectivity index (χ0) is 32.0. The molecule has 0 amide bonds. The van der Waals surface area contributed by atoms with Gasteiger partial charge in [-0.25, -0.2) is 23.6 Å². The van der Waals surface area contributed by atoms with Crippen LogP contribution in [0.15, 0.2) is 103 Å². The number of halogens is 1. The predicted octanol–water partition coefficient (Wildman–Crippen LogP) is 7.09. The fourth-order valence-corrected chi connectivity index (χ4v) is 3.41. The Morgan fingerprint density at radius 3 is 1.42 bits per heavy atom. The van der Waals surface area contributed by atoms with Crippen molar-refractivity contribution in [3.05, 3.63) is 109 Å². The van der Waals surface area contributed by atoms with E-state index in [4.69, 9.17) is 18.9 Å². The molecule has 0 heterocycles. The molecule has 0 aliphatic rings. The third-order valence-corrected chi connectivity index (χ3v) is 5.65. The molecule has 0 fully saturated rings. The molecular weight excluding hydrogens is 555 g/mol. The highest BCUT2D eigenvalue weighted by molar-refractivity contribution is 5.92. The summed E-state index contributed by atoms with van der Waals surface area (Å²) >= 11 is 0. The summed E-state index contributed by atoms with van der Waals surface area (Å²) in [7, 11) is 0. The van der Waals surface area contributed by atoms with Crippen molar-refractivity contribution in [2.45, 2.75) is 27.7 Å². The first-order valence-electron chi connectivity index (χ1n) is 12.8. The molecule has 0 unspecified atom stereocenters. The molecule has 0 saturated heterocycles. The molecule has 0 N–H and O–H groups in total. The van der Waals surface area contributed by atoms with Crippen LogP contribution in [-0.2, 0) is 19.2 Å². The lowest BCUT2D eigenvalue weighted by Gasteiger charge is -2.15. The zero-order valence-electron chi connectivity index (χ0n) is 24.2. The third-order valence-electron chi connectivity index (χ3n) is 5.65. The molecule has 0 aliphatic heterocycles. The van der Waals surface area contributed by atoms with Crippen molar-refractivity contribution >= 4 is 23.9 Å². The molecule has 0 bridgehead atoms. The van der Waals surface area contributed by atoms with Crippen LogP contribution in [-0.4, -0.2) is 23.9 Å². The molecule has 0 aliphatic carbocycles. The highest BCUT2D eigenvalue weighted by atomic mass is 19.1. The number of hydrogen-bond donors (Lipinski definition) is 0. The number of esters is 4. The number of ether oxygens (including phenoxy) is 4. The summed E-state index contributed by atoms with van der Waals surface area (Å²) in [5, 5.41) is 0. The first-order valence-corrected chi connectivity index (χ1v) is 12.8. The summed E-state index contributed by atoms with van der Waals surface area (Å²) in [4.78, 5) is 48.6. The molecule has 3 aromatic carbocycles. The fourth-order valence-electron chi connectivity index (χ4n) is 3.41. The molecule has 220 valence electrons. The van der Waals surface area contributed by atoms with Crippen LogP contribution in [0.1, 0.15) is 27.7 Å². The van der Waals surface area contributed by atoms with Gasteiger partial charge in [-0.15, -0.1) is 0 Å². The normalized spacial score (nSPS) is 10.3. The summed E-state index contributed by atoms with van der Waals surface area (Å²) in [5.41, 5.74) is 1.49. The molecule has 0 saturated carbocycles. The van der Waals surface area contributed by atoms with Crippen molar-refractivity contribution in [3.8, 4) is 45.3 Å².